The maximum atomic E-state index is 13.5. The van der Waals surface area contributed by atoms with Crippen LogP contribution in [-0.2, 0) is 23.7 Å². The lowest BCUT2D eigenvalue weighted by atomic mass is 9.47. The van der Waals surface area contributed by atoms with E-state index in [2.05, 4.69) is 13.5 Å². The van der Waals surface area contributed by atoms with E-state index in [9.17, 15) is 15.0 Å². The van der Waals surface area contributed by atoms with E-state index in [-0.39, 0.29) is 24.6 Å². The molecule has 3 fully saturated rings. The SMILES string of the molecule is C=C1[C@@H]2[C@H]3O[C@]34C(=O)C=C(C)[C@](O)([C@H](OCOC)C[C@]2(C)[C@@H](OC(C)(C)C)C[C@@H]1O)C4(C)C. The zero-order valence-electron chi connectivity index (χ0n) is 21.2. The minimum atomic E-state index is -1.47. The summed E-state index contributed by atoms with van der Waals surface area (Å²) in [4.78, 5) is 13.5. The van der Waals surface area contributed by atoms with Crippen molar-refractivity contribution in [2.75, 3.05) is 13.9 Å². The first-order chi connectivity index (χ1) is 15.1. The van der Waals surface area contributed by atoms with Gasteiger partial charge in [-0.25, -0.2) is 0 Å². The number of epoxide rings is 1. The molecule has 2 bridgehead atoms. The Morgan fingerprint density at radius 2 is 1.88 bits per heavy atom. The summed E-state index contributed by atoms with van der Waals surface area (Å²) >= 11 is 0. The molecule has 1 heterocycles. The molecule has 7 heteroatoms. The molecule has 2 saturated carbocycles. The van der Waals surface area contributed by atoms with Gasteiger partial charge in [-0.15, -0.1) is 0 Å². The van der Waals surface area contributed by atoms with Crippen molar-refractivity contribution in [3.05, 3.63) is 23.8 Å². The molecule has 7 nitrogen and oxygen atoms in total. The molecule has 0 aromatic rings. The maximum Gasteiger partial charge on any atom is 0.190 e. The molecule has 186 valence electrons. The molecule has 8 atom stereocenters. The first-order valence-electron chi connectivity index (χ1n) is 11.9. The van der Waals surface area contributed by atoms with Gasteiger partial charge in [-0.05, 0) is 51.3 Å². The highest BCUT2D eigenvalue weighted by Gasteiger charge is 2.82. The summed E-state index contributed by atoms with van der Waals surface area (Å²) in [5, 5.41) is 23.3. The van der Waals surface area contributed by atoms with Crippen LogP contribution in [-0.4, -0.2) is 71.1 Å². The highest BCUT2D eigenvalue weighted by Crippen LogP contribution is 2.70. The highest BCUT2D eigenvalue weighted by molar-refractivity contribution is 6.03. The van der Waals surface area contributed by atoms with Gasteiger partial charge in [0.2, 0.25) is 0 Å². The smallest absolute Gasteiger partial charge is 0.190 e. The summed E-state index contributed by atoms with van der Waals surface area (Å²) in [6.45, 7) is 17.8. The van der Waals surface area contributed by atoms with Crippen LogP contribution in [0.1, 0.15) is 61.3 Å². The van der Waals surface area contributed by atoms with Gasteiger partial charge in [-0.2, -0.15) is 0 Å². The number of fused-ring (bicyclic) bond motifs is 3. The van der Waals surface area contributed by atoms with E-state index >= 15 is 0 Å². The lowest BCUT2D eigenvalue weighted by Gasteiger charge is -2.59. The average Bonchev–Trinajstić information content (AvgIpc) is 3.43. The second-order valence-electron chi connectivity index (χ2n) is 12.2. The molecular formula is C26H40O7. The third kappa shape index (κ3) is 3.20. The van der Waals surface area contributed by atoms with E-state index in [0.29, 0.717) is 24.0 Å². The predicted molar refractivity (Wildman–Crippen MR) is 122 cm³/mol. The molecule has 4 rings (SSSR count). The fraction of sp³-hybridized carbons (Fsp3) is 0.808. The van der Waals surface area contributed by atoms with E-state index in [1.807, 2.05) is 34.6 Å². The summed E-state index contributed by atoms with van der Waals surface area (Å²) in [6, 6.07) is 0. The molecule has 4 aliphatic rings. The quantitative estimate of drug-likeness (QED) is 0.375. The fourth-order valence-electron chi connectivity index (χ4n) is 7.06. The first-order valence-corrected chi connectivity index (χ1v) is 11.9. The molecule has 2 N–H and O–H groups in total. The minimum Gasteiger partial charge on any atom is -0.389 e. The minimum absolute atomic E-state index is 0.00329. The lowest BCUT2D eigenvalue weighted by Crippen LogP contribution is -2.70. The van der Waals surface area contributed by atoms with Gasteiger partial charge >= 0.3 is 0 Å². The normalized spacial score (nSPS) is 46.6. The van der Waals surface area contributed by atoms with Crippen molar-refractivity contribution in [3.63, 3.8) is 0 Å². The van der Waals surface area contributed by atoms with Crippen molar-refractivity contribution in [1.82, 2.24) is 0 Å². The van der Waals surface area contributed by atoms with Crippen LogP contribution in [0.25, 0.3) is 0 Å². The number of methoxy groups -OCH3 is 1. The second-order valence-corrected chi connectivity index (χ2v) is 12.2. The summed E-state index contributed by atoms with van der Waals surface area (Å²) in [6.07, 6.45) is -0.0384. The number of carbonyl (C=O) groups is 1. The van der Waals surface area contributed by atoms with Crippen molar-refractivity contribution in [2.45, 2.75) is 103 Å². The van der Waals surface area contributed by atoms with Crippen LogP contribution >= 0.6 is 0 Å². The van der Waals surface area contributed by atoms with Gasteiger partial charge in [0, 0.05) is 30.3 Å². The summed E-state index contributed by atoms with van der Waals surface area (Å²) in [7, 11) is 1.54. The molecular weight excluding hydrogens is 424 g/mol. The Morgan fingerprint density at radius 3 is 2.45 bits per heavy atom. The van der Waals surface area contributed by atoms with E-state index in [0.717, 1.165) is 0 Å². The van der Waals surface area contributed by atoms with Crippen LogP contribution in [0.15, 0.2) is 23.8 Å². The molecule has 1 aliphatic heterocycles. The van der Waals surface area contributed by atoms with Crippen LogP contribution in [0.2, 0.25) is 0 Å². The van der Waals surface area contributed by atoms with Crippen molar-refractivity contribution >= 4 is 5.78 Å². The number of ether oxygens (including phenoxy) is 4. The van der Waals surface area contributed by atoms with Crippen molar-refractivity contribution < 1.29 is 34.0 Å². The molecule has 0 unspecified atom stereocenters. The molecule has 1 spiro atoms. The number of hydrogen-bond acceptors (Lipinski definition) is 7. The Labute approximate surface area is 197 Å². The summed E-state index contributed by atoms with van der Waals surface area (Å²) < 4.78 is 24.3. The maximum absolute atomic E-state index is 13.5. The number of aliphatic hydroxyl groups excluding tert-OH is 1. The van der Waals surface area contributed by atoms with Crippen molar-refractivity contribution in [3.8, 4) is 0 Å². The molecule has 1 saturated heterocycles. The number of carbonyl (C=O) groups excluding carboxylic acids is 1. The second kappa shape index (κ2) is 7.45. The topological polar surface area (TPSA) is 97.8 Å². The highest BCUT2D eigenvalue weighted by atomic mass is 16.7. The Morgan fingerprint density at radius 1 is 1.24 bits per heavy atom. The lowest BCUT2D eigenvalue weighted by molar-refractivity contribution is -0.228. The van der Waals surface area contributed by atoms with Gasteiger partial charge in [-0.1, -0.05) is 27.4 Å². The van der Waals surface area contributed by atoms with Crippen molar-refractivity contribution in [2.24, 2.45) is 16.7 Å². The van der Waals surface area contributed by atoms with Gasteiger partial charge < -0.3 is 29.2 Å². The van der Waals surface area contributed by atoms with E-state index in [4.69, 9.17) is 18.9 Å². The van der Waals surface area contributed by atoms with Crippen LogP contribution in [0.4, 0.5) is 0 Å². The van der Waals surface area contributed by atoms with Gasteiger partial charge in [0.25, 0.3) is 0 Å². The molecule has 0 aromatic carbocycles. The molecule has 0 radical (unpaired) electrons. The predicted octanol–water partition coefficient (Wildman–Crippen LogP) is 2.93. The van der Waals surface area contributed by atoms with Crippen LogP contribution in [0.3, 0.4) is 0 Å². The van der Waals surface area contributed by atoms with Gasteiger partial charge in [-0.3, -0.25) is 4.79 Å². The standard InChI is InChI=1S/C26H40O7/c1-14-10-17(28)26-21(33-26)20-15(2)16(27)11-18(32-22(3,4)5)24(20,8)12-19(31-13-30-9)25(14,29)23(26,6)7/h10,16,18-21,27,29H,2,11-13H2,1,3-9H3/t16-,18-,19+,20+,21+,24+,25-,26+/m0/s1. The fourth-order valence-corrected chi connectivity index (χ4v) is 7.06. The third-order valence-corrected chi connectivity index (χ3v) is 8.84. The number of ketones is 1. The third-order valence-electron chi connectivity index (χ3n) is 8.84. The summed E-state index contributed by atoms with van der Waals surface area (Å²) in [5.41, 5.74) is -3.54. The van der Waals surface area contributed by atoms with Gasteiger partial charge in [0.05, 0.1) is 23.9 Å². The van der Waals surface area contributed by atoms with Crippen molar-refractivity contribution in [1.29, 1.82) is 0 Å². The van der Waals surface area contributed by atoms with Crippen LogP contribution in [0.5, 0.6) is 0 Å². The Balaban J connectivity index is 1.94. The largest absolute Gasteiger partial charge is 0.389 e. The number of hydrogen-bond donors (Lipinski definition) is 2. The van der Waals surface area contributed by atoms with Crippen LogP contribution in [0, 0.1) is 16.7 Å². The van der Waals surface area contributed by atoms with E-state index in [1.165, 1.54) is 6.08 Å². The zero-order valence-corrected chi connectivity index (χ0v) is 21.2. The Hall–Kier alpha value is -1.09. The molecule has 3 aliphatic carbocycles. The average molecular weight is 465 g/mol. The molecule has 0 aromatic heterocycles. The number of aliphatic hydroxyl groups is 2. The van der Waals surface area contributed by atoms with E-state index < -0.39 is 45.9 Å². The Kier molecular flexibility index (Phi) is 5.65. The monoisotopic (exact) mass is 464 g/mol. The Bertz CT molecular complexity index is 886. The van der Waals surface area contributed by atoms with Gasteiger partial charge in [0.15, 0.2) is 11.4 Å². The van der Waals surface area contributed by atoms with Crippen LogP contribution < -0.4 is 0 Å². The number of rotatable bonds is 4. The van der Waals surface area contributed by atoms with E-state index in [1.54, 1.807) is 14.0 Å². The summed E-state index contributed by atoms with van der Waals surface area (Å²) in [5.74, 6) is -0.502. The zero-order chi connectivity index (χ0) is 24.8. The van der Waals surface area contributed by atoms with Gasteiger partial charge in [0.1, 0.15) is 18.5 Å². The molecule has 0 amide bonds. The first kappa shape index (κ1) is 25.0. The molecule has 33 heavy (non-hydrogen) atoms.